The van der Waals surface area contributed by atoms with Crippen LogP contribution in [0.4, 0.5) is 5.69 Å². The highest BCUT2D eigenvalue weighted by Gasteiger charge is 2.54. The minimum atomic E-state index is -0.0353. The Kier molecular flexibility index (Phi) is 6.18. The lowest BCUT2D eigenvalue weighted by molar-refractivity contribution is -0.116. The Morgan fingerprint density at radius 3 is 2.67 bits per heavy atom. The van der Waals surface area contributed by atoms with Crippen LogP contribution in [0.25, 0.3) is 10.8 Å². The molecule has 2 fully saturated rings. The van der Waals surface area contributed by atoms with Crippen molar-refractivity contribution in [2.45, 2.75) is 13.3 Å². The van der Waals surface area contributed by atoms with Gasteiger partial charge < -0.3 is 10.2 Å². The molecule has 1 amide bonds. The molecule has 0 aromatic heterocycles. The van der Waals surface area contributed by atoms with Crippen molar-refractivity contribution in [1.29, 1.82) is 0 Å². The number of fused-ring (bicyclic) bond motifs is 2. The van der Waals surface area contributed by atoms with E-state index in [4.69, 9.17) is 0 Å². The highest BCUT2D eigenvalue weighted by atomic mass is 16.1. The summed E-state index contributed by atoms with van der Waals surface area (Å²) in [4.78, 5) is 14.6. The van der Waals surface area contributed by atoms with Crippen LogP contribution in [0.2, 0.25) is 0 Å². The summed E-state index contributed by atoms with van der Waals surface area (Å²) in [6.07, 6.45) is 12.0. The molecule has 156 valence electrons. The Labute approximate surface area is 181 Å². The molecule has 3 heteroatoms. The Bertz CT molecular complexity index is 1010. The molecule has 4 rings (SSSR count). The molecule has 0 radical (unpaired) electrons. The molecule has 1 aliphatic heterocycles. The third-order valence-corrected chi connectivity index (χ3v) is 6.39. The van der Waals surface area contributed by atoms with Crippen molar-refractivity contribution in [2.75, 3.05) is 24.5 Å². The Hall–Kier alpha value is -3.07. The lowest BCUT2D eigenvalue weighted by Gasteiger charge is -2.22. The molecule has 0 bridgehead atoms. The average Bonchev–Trinajstić information content (AvgIpc) is 3.21. The minimum Gasteiger partial charge on any atom is -0.371 e. The number of nitrogens with one attached hydrogen (secondary N) is 1. The molecular weight excluding hydrogens is 368 g/mol. The maximum atomic E-state index is 12.0. The van der Waals surface area contributed by atoms with Gasteiger partial charge in [-0.15, -0.1) is 0 Å². The summed E-state index contributed by atoms with van der Waals surface area (Å²) in [6.45, 7) is 8.76. The number of carbonyl (C=O) groups excluding carboxylic acids is 1. The van der Waals surface area contributed by atoms with Gasteiger partial charge in [0.1, 0.15) is 0 Å². The number of anilines is 1. The van der Waals surface area contributed by atoms with Crippen molar-refractivity contribution in [3.05, 3.63) is 91.1 Å². The number of rotatable bonds is 8. The molecule has 1 heterocycles. The van der Waals surface area contributed by atoms with Crippen LogP contribution in [0.1, 0.15) is 14.8 Å². The van der Waals surface area contributed by atoms with Gasteiger partial charge in [-0.2, -0.15) is 0 Å². The minimum absolute atomic E-state index is 0. The summed E-state index contributed by atoms with van der Waals surface area (Å²) in [7, 11) is 0. The van der Waals surface area contributed by atoms with Gasteiger partial charge in [-0.1, -0.05) is 61.2 Å². The second-order valence-corrected chi connectivity index (χ2v) is 8.24. The number of nitrogens with zero attached hydrogens (tertiary/aromatic N) is 1. The molecule has 3 nitrogen and oxygen atoms in total. The monoisotopic (exact) mass is 400 g/mol. The first-order valence-corrected chi connectivity index (χ1v) is 10.8. The quantitative estimate of drug-likeness (QED) is 0.467. The normalized spacial score (nSPS) is 23.3. The first kappa shape index (κ1) is 20.2. The number of carbonyl (C=O) groups is 1. The zero-order valence-electron chi connectivity index (χ0n) is 17.6. The summed E-state index contributed by atoms with van der Waals surface area (Å²) < 4.78 is 0. The predicted octanol–water partition coefficient (Wildman–Crippen LogP) is 5.52. The highest BCUT2D eigenvalue weighted by molar-refractivity contribution is 5.88. The van der Waals surface area contributed by atoms with Gasteiger partial charge in [-0.3, -0.25) is 4.79 Å². The summed E-state index contributed by atoms with van der Waals surface area (Å²) >= 11 is 0. The van der Waals surface area contributed by atoms with E-state index in [0.717, 1.165) is 49.4 Å². The molecule has 1 saturated heterocycles. The van der Waals surface area contributed by atoms with Gasteiger partial charge >= 0.3 is 0 Å². The Morgan fingerprint density at radius 1 is 1.17 bits per heavy atom. The van der Waals surface area contributed by atoms with Crippen LogP contribution in [-0.4, -0.2) is 25.5 Å². The number of piperidine rings is 1. The van der Waals surface area contributed by atoms with E-state index in [1.165, 1.54) is 16.5 Å². The van der Waals surface area contributed by atoms with Crippen molar-refractivity contribution >= 4 is 22.4 Å². The van der Waals surface area contributed by atoms with Crippen LogP contribution in [-0.2, 0) is 4.79 Å². The zero-order valence-corrected chi connectivity index (χ0v) is 17.6. The Morgan fingerprint density at radius 2 is 1.93 bits per heavy atom. The molecule has 1 N–H and O–H groups in total. The van der Waals surface area contributed by atoms with Gasteiger partial charge in [0.2, 0.25) is 5.91 Å². The maximum Gasteiger partial charge on any atom is 0.243 e. The number of benzene rings is 2. The fourth-order valence-electron chi connectivity index (χ4n) is 4.65. The first-order chi connectivity index (χ1) is 14.7. The van der Waals surface area contributed by atoms with E-state index in [9.17, 15) is 4.79 Å². The molecule has 2 aliphatic rings. The summed E-state index contributed by atoms with van der Waals surface area (Å²) in [5.74, 6) is 2.27. The van der Waals surface area contributed by atoms with E-state index in [-0.39, 0.29) is 7.33 Å². The fourth-order valence-corrected chi connectivity index (χ4v) is 4.65. The van der Waals surface area contributed by atoms with E-state index >= 15 is 0 Å². The zero-order chi connectivity index (χ0) is 20.9. The van der Waals surface area contributed by atoms with Crippen molar-refractivity contribution in [2.24, 2.45) is 17.8 Å². The number of hydrogen-bond donors (Lipinski definition) is 1. The molecule has 1 unspecified atom stereocenters. The lowest BCUT2D eigenvalue weighted by Crippen LogP contribution is -2.26. The molecule has 1 saturated carbocycles. The van der Waals surface area contributed by atoms with E-state index in [1.807, 2.05) is 25.2 Å². The van der Waals surface area contributed by atoms with Crippen LogP contribution in [0.15, 0.2) is 91.1 Å². The fraction of sp³-hybridized carbons (Fsp3) is 0.296. The highest BCUT2D eigenvalue weighted by Crippen LogP contribution is 2.54. The van der Waals surface area contributed by atoms with Gasteiger partial charge in [0.15, 0.2) is 0 Å². The van der Waals surface area contributed by atoms with E-state index < -0.39 is 0 Å². The second kappa shape index (κ2) is 9.17. The predicted molar refractivity (Wildman–Crippen MR) is 129 cm³/mol. The molecule has 0 spiro atoms. The number of hydrogen-bond acceptors (Lipinski definition) is 2. The van der Waals surface area contributed by atoms with Crippen LogP contribution < -0.4 is 10.2 Å². The van der Waals surface area contributed by atoms with Gasteiger partial charge in [-0.25, -0.2) is 0 Å². The van der Waals surface area contributed by atoms with Crippen molar-refractivity contribution in [1.82, 2.24) is 5.32 Å². The summed E-state index contributed by atoms with van der Waals surface area (Å²) in [5, 5.41) is 5.63. The Balaban J connectivity index is 0.00000272. The van der Waals surface area contributed by atoms with E-state index in [0.29, 0.717) is 0 Å². The molecule has 2 aromatic carbocycles. The van der Waals surface area contributed by atoms with E-state index in [2.05, 4.69) is 59.3 Å². The first-order valence-electron chi connectivity index (χ1n) is 10.8. The van der Waals surface area contributed by atoms with Crippen molar-refractivity contribution in [3.8, 4) is 0 Å². The van der Waals surface area contributed by atoms with Gasteiger partial charge in [0.25, 0.3) is 0 Å². The van der Waals surface area contributed by atoms with Crippen LogP contribution >= 0.6 is 0 Å². The smallest absolute Gasteiger partial charge is 0.243 e. The second-order valence-electron chi connectivity index (χ2n) is 8.24. The van der Waals surface area contributed by atoms with Crippen LogP contribution in [0.3, 0.4) is 0 Å². The molecule has 30 heavy (non-hydrogen) atoms. The van der Waals surface area contributed by atoms with Gasteiger partial charge in [0, 0.05) is 32.8 Å². The van der Waals surface area contributed by atoms with Crippen LogP contribution in [0.5, 0.6) is 0 Å². The van der Waals surface area contributed by atoms with Crippen molar-refractivity contribution in [3.63, 3.8) is 0 Å². The largest absolute Gasteiger partial charge is 0.371 e. The summed E-state index contributed by atoms with van der Waals surface area (Å²) in [6, 6.07) is 15.3. The standard InChI is InChI=1S/C27H30N2O.H2/c1-3-5-8-20(4-2)11-14-27(30)28-16-15-24-25-18-29(19-26(24)25)23-13-12-21-9-6-7-10-22(21)17-23;/h3-14,17,24-26H,2,15-16,18-19H2,1H3,(H,28,30);1H/b5-3-,14-11+,20-8+;/t24?,25-,26+;. The third kappa shape index (κ3) is 4.56. The third-order valence-electron chi connectivity index (χ3n) is 6.39. The SMILES string of the molecule is C=CC(/C=C/C(=O)NCCC1[C@H]2CN(c3ccc4ccccc4c3)C[C@@H]12)=C\C=C/C.[HH]. The molecule has 2 aromatic rings. The topological polar surface area (TPSA) is 32.3 Å². The maximum absolute atomic E-state index is 12.0. The van der Waals surface area contributed by atoms with E-state index in [1.54, 1.807) is 18.2 Å². The average molecular weight is 401 g/mol. The van der Waals surface area contributed by atoms with Crippen molar-refractivity contribution < 1.29 is 6.22 Å². The molecule has 1 aliphatic carbocycles. The van der Waals surface area contributed by atoms with Gasteiger partial charge in [0.05, 0.1) is 0 Å². The molecule has 3 atom stereocenters. The lowest BCUT2D eigenvalue weighted by atomic mass is 10.1. The number of amides is 1. The van der Waals surface area contributed by atoms with Crippen LogP contribution in [0, 0.1) is 17.8 Å². The molecular formula is C27H32N2O. The van der Waals surface area contributed by atoms with Gasteiger partial charge in [-0.05, 0) is 65.7 Å². The number of allylic oxidation sites excluding steroid dienone is 6. The summed E-state index contributed by atoms with van der Waals surface area (Å²) in [5.41, 5.74) is 2.26.